The average Bonchev–Trinajstić information content (AvgIpc) is 3.16. The summed E-state index contributed by atoms with van der Waals surface area (Å²) in [7, 11) is -1.36. The number of amides is 1. The summed E-state index contributed by atoms with van der Waals surface area (Å²) < 4.78 is 5.38. The number of nitrogens with one attached hydrogen (secondary N) is 3. The van der Waals surface area contributed by atoms with Crippen LogP contribution in [0.5, 0.6) is 5.75 Å². The Labute approximate surface area is 171 Å². The number of nitrogen functional groups attached to an aromatic ring is 1. The molecule has 0 saturated carbocycles. The maximum atomic E-state index is 12.4. The zero-order valence-corrected chi connectivity index (χ0v) is 15.7. The third kappa shape index (κ3) is 3.99. The molecule has 1 amide bonds. The molecule has 1 aromatic heterocycles. The lowest BCUT2D eigenvalue weighted by Crippen LogP contribution is -2.55. The molecule has 154 valence electrons. The molecule has 3 heterocycles. The topological polar surface area (TPSA) is 162 Å². The van der Waals surface area contributed by atoms with Crippen LogP contribution in [0.2, 0.25) is 0 Å². The third-order valence-corrected chi connectivity index (χ3v) is 4.73. The van der Waals surface area contributed by atoms with E-state index in [1.807, 2.05) is 0 Å². The van der Waals surface area contributed by atoms with Crippen LogP contribution in [0.1, 0.15) is 21.5 Å². The molecule has 12 heteroatoms. The number of carbonyl (C=O) groups is 2. The number of carbonyl (C=O) groups excluding carboxylic acids is 1. The molecule has 0 fully saturated rings. The molecule has 2 aromatic rings. The fraction of sp³-hybridized carbons (Fsp3) is 0.167. The van der Waals surface area contributed by atoms with Crippen molar-refractivity contribution in [3.05, 3.63) is 59.4 Å². The van der Waals surface area contributed by atoms with Crippen molar-refractivity contribution in [1.29, 1.82) is 0 Å². The molecule has 1 atom stereocenters. The van der Waals surface area contributed by atoms with Gasteiger partial charge < -0.3 is 31.3 Å². The Morgan fingerprint density at radius 3 is 2.93 bits per heavy atom. The Morgan fingerprint density at radius 1 is 1.37 bits per heavy atom. The van der Waals surface area contributed by atoms with E-state index in [0.29, 0.717) is 17.1 Å². The van der Waals surface area contributed by atoms with Gasteiger partial charge in [-0.05, 0) is 30.2 Å². The number of benzene rings is 1. The van der Waals surface area contributed by atoms with E-state index in [1.165, 1.54) is 11.1 Å². The normalized spacial score (nSPS) is 17.5. The number of carboxylic acids is 1. The minimum Gasteiger partial charge on any atom is -0.534 e. The number of para-hydroxylation sites is 1. The highest BCUT2D eigenvalue weighted by Gasteiger charge is 2.37. The predicted octanol–water partition coefficient (Wildman–Crippen LogP) is -0.875. The second kappa shape index (κ2) is 7.93. The van der Waals surface area contributed by atoms with E-state index in [2.05, 4.69) is 21.3 Å². The Kier molecular flexibility index (Phi) is 5.17. The van der Waals surface area contributed by atoms with Crippen molar-refractivity contribution in [1.82, 2.24) is 26.3 Å². The molecule has 30 heavy (non-hydrogen) atoms. The number of hydrogen-bond donors (Lipinski definition) is 6. The summed E-state index contributed by atoms with van der Waals surface area (Å²) in [6, 6.07) is 8.17. The highest BCUT2D eigenvalue weighted by Crippen LogP contribution is 2.30. The number of pyridine rings is 1. The lowest BCUT2D eigenvalue weighted by Gasteiger charge is -2.29. The first-order valence-corrected chi connectivity index (χ1v) is 9.12. The van der Waals surface area contributed by atoms with Gasteiger partial charge in [-0.25, -0.2) is 9.78 Å². The standard InChI is InChI=1S/C18H19BN6O5/c20-15-5-4-11(7-21-15)13-8-25(24-23-13)9-16(26)22-14-6-10-2-1-3-12(18(27)28)17(10)30-19(14)29/h1-5,7-8,14,23-24,29H,6,9H2,(H2,20,21)(H,22,26)(H,27,28)/t14-/m0/s1. The first-order chi connectivity index (χ1) is 14.4. The molecule has 4 rings (SSSR count). The van der Waals surface area contributed by atoms with Crippen LogP contribution in [0.25, 0.3) is 5.70 Å². The number of nitrogens with zero attached hydrogens (tertiary/aromatic N) is 2. The van der Waals surface area contributed by atoms with E-state index in [1.54, 1.807) is 36.7 Å². The van der Waals surface area contributed by atoms with Gasteiger partial charge >= 0.3 is 13.1 Å². The second-order valence-electron chi connectivity index (χ2n) is 6.86. The summed E-state index contributed by atoms with van der Waals surface area (Å²) in [5, 5.41) is 23.7. The first-order valence-electron chi connectivity index (χ1n) is 9.12. The highest BCUT2D eigenvalue weighted by molar-refractivity contribution is 6.47. The number of carboxylic acid groups (broad SMARTS) is 1. The zero-order valence-electron chi connectivity index (χ0n) is 15.7. The van der Waals surface area contributed by atoms with Crippen LogP contribution in [0.3, 0.4) is 0 Å². The van der Waals surface area contributed by atoms with Gasteiger partial charge in [0.15, 0.2) is 0 Å². The maximum absolute atomic E-state index is 12.4. The van der Waals surface area contributed by atoms with Crippen LogP contribution in [0, 0.1) is 0 Å². The third-order valence-electron chi connectivity index (χ3n) is 4.73. The van der Waals surface area contributed by atoms with Crippen molar-refractivity contribution >= 4 is 30.5 Å². The van der Waals surface area contributed by atoms with Crippen LogP contribution in [-0.2, 0) is 11.2 Å². The van der Waals surface area contributed by atoms with Crippen LogP contribution < -0.4 is 26.7 Å². The molecule has 0 spiro atoms. The van der Waals surface area contributed by atoms with Crippen LogP contribution in [0.4, 0.5) is 5.82 Å². The number of nitrogens with two attached hydrogens (primary N) is 1. The van der Waals surface area contributed by atoms with Gasteiger partial charge in [0.25, 0.3) is 0 Å². The van der Waals surface area contributed by atoms with E-state index < -0.39 is 19.0 Å². The molecule has 0 aliphatic carbocycles. The SMILES string of the molecule is Nc1ccc(C2=CN(CC(=O)N[C@H]3Cc4cccc(C(=O)O)c4OB3O)NN2)cn1. The molecule has 0 saturated heterocycles. The lowest BCUT2D eigenvalue weighted by molar-refractivity contribution is -0.122. The van der Waals surface area contributed by atoms with Gasteiger partial charge in [0.05, 0.1) is 17.2 Å². The molecule has 1 aromatic carbocycles. The molecular formula is C18H19BN6O5. The lowest BCUT2D eigenvalue weighted by atomic mass is 9.72. The smallest absolute Gasteiger partial charge is 0.534 e. The average molecular weight is 410 g/mol. The van der Waals surface area contributed by atoms with Gasteiger partial charge in [-0.2, -0.15) is 0 Å². The minimum absolute atomic E-state index is 0.0292. The number of fused-ring (bicyclic) bond motifs is 1. The van der Waals surface area contributed by atoms with Crippen molar-refractivity contribution in [2.75, 3.05) is 12.3 Å². The van der Waals surface area contributed by atoms with Crippen LogP contribution in [0.15, 0.2) is 42.7 Å². The summed E-state index contributed by atoms with van der Waals surface area (Å²) >= 11 is 0. The molecule has 11 nitrogen and oxygen atoms in total. The summed E-state index contributed by atoms with van der Waals surface area (Å²) in [5.74, 6) is -1.69. The van der Waals surface area contributed by atoms with Gasteiger partial charge in [-0.3, -0.25) is 9.80 Å². The number of hydrazine groups is 2. The summed E-state index contributed by atoms with van der Waals surface area (Å²) in [5.41, 5.74) is 13.4. The summed E-state index contributed by atoms with van der Waals surface area (Å²) in [4.78, 5) is 27.8. The van der Waals surface area contributed by atoms with Gasteiger partial charge in [-0.1, -0.05) is 12.1 Å². The van der Waals surface area contributed by atoms with Crippen molar-refractivity contribution in [2.45, 2.75) is 12.4 Å². The molecule has 0 bridgehead atoms. The van der Waals surface area contributed by atoms with E-state index in [9.17, 15) is 19.7 Å². The van der Waals surface area contributed by atoms with E-state index in [-0.39, 0.29) is 30.2 Å². The van der Waals surface area contributed by atoms with E-state index in [0.717, 1.165) is 5.56 Å². The Balaban J connectivity index is 1.38. The molecule has 2 aliphatic rings. The van der Waals surface area contributed by atoms with E-state index in [4.69, 9.17) is 10.4 Å². The van der Waals surface area contributed by atoms with E-state index >= 15 is 0 Å². The second-order valence-corrected chi connectivity index (χ2v) is 6.86. The first kappa shape index (κ1) is 19.5. The summed E-state index contributed by atoms with van der Waals surface area (Å²) in [6.07, 6.45) is 3.56. The Bertz CT molecular complexity index is 1010. The number of rotatable bonds is 5. The molecule has 0 unspecified atom stereocenters. The quantitative estimate of drug-likeness (QED) is 0.342. The number of aromatic nitrogens is 1. The van der Waals surface area contributed by atoms with Gasteiger partial charge in [0.2, 0.25) is 5.91 Å². The van der Waals surface area contributed by atoms with Gasteiger partial charge in [-0.15, -0.1) is 5.53 Å². The monoisotopic (exact) mass is 410 g/mol. The van der Waals surface area contributed by atoms with Gasteiger partial charge in [0, 0.05) is 18.0 Å². The molecule has 0 radical (unpaired) electrons. The zero-order chi connectivity index (χ0) is 21.3. The Hall–Kier alpha value is -3.77. The fourth-order valence-electron chi connectivity index (χ4n) is 3.27. The minimum atomic E-state index is -1.36. The highest BCUT2D eigenvalue weighted by atomic mass is 16.5. The van der Waals surface area contributed by atoms with Crippen molar-refractivity contribution in [3.63, 3.8) is 0 Å². The van der Waals surface area contributed by atoms with Crippen molar-refractivity contribution < 1.29 is 24.4 Å². The van der Waals surface area contributed by atoms with Crippen LogP contribution in [-0.4, -0.2) is 51.6 Å². The van der Waals surface area contributed by atoms with Gasteiger partial charge in [0.1, 0.15) is 18.1 Å². The van der Waals surface area contributed by atoms with Crippen LogP contribution >= 0.6 is 0 Å². The number of aromatic carboxylic acids is 1. The number of anilines is 1. The summed E-state index contributed by atoms with van der Waals surface area (Å²) in [6.45, 7) is -0.0376. The van der Waals surface area contributed by atoms with Crippen molar-refractivity contribution in [3.8, 4) is 5.75 Å². The predicted molar refractivity (Wildman–Crippen MR) is 107 cm³/mol. The Morgan fingerprint density at radius 2 is 2.20 bits per heavy atom. The molecule has 7 N–H and O–H groups in total. The number of hydrogen-bond acceptors (Lipinski definition) is 9. The molecular weight excluding hydrogens is 391 g/mol. The molecule has 2 aliphatic heterocycles. The fourth-order valence-corrected chi connectivity index (χ4v) is 3.27. The maximum Gasteiger partial charge on any atom is 0.547 e. The van der Waals surface area contributed by atoms with Crippen molar-refractivity contribution in [2.24, 2.45) is 0 Å². The largest absolute Gasteiger partial charge is 0.547 e.